The number of amides is 1. The van der Waals surface area contributed by atoms with Gasteiger partial charge in [0.05, 0.1) is 26.4 Å². The molecule has 0 saturated carbocycles. The van der Waals surface area contributed by atoms with E-state index in [-0.39, 0.29) is 11.5 Å². The Bertz CT molecular complexity index is 1070. The number of nitrogens with one attached hydrogen (secondary N) is 1. The molecular formula is C23H25N3O4. The summed E-state index contributed by atoms with van der Waals surface area (Å²) in [6.45, 7) is 1.94. The lowest BCUT2D eigenvalue weighted by atomic mass is 9.79. The molecule has 5 rings (SSSR count). The van der Waals surface area contributed by atoms with Crippen molar-refractivity contribution in [2.24, 2.45) is 0 Å². The van der Waals surface area contributed by atoms with E-state index in [9.17, 15) is 4.79 Å². The monoisotopic (exact) mass is 407 g/mol. The van der Waals surface area contributed by atoms with E-state index in [4.69, 9.17) is 14.2 Å². The lowest BCUT2D eigenvalue weighted by molar-refractivity contribution is -0.0936. The predicted octanol–water partition coefficient (Wildman–Crippen LogP) is 3.28. The molecule has 30 heavy (non-hydrogen) atoms. The molecule has 2 aromatic heterocycles. The molecule has 2 aliphatic rings. The average Bonchev–Trinajstić information content (AvgIpc) is 3.23. The van der Waals surface area contributed by atoms with E-state index in [1.165, 1.54) is 5.56 Å². The molecule has 1 saturated heterocycles. The molecule has 0 aliphatic carbocycles. The number of rotatable bonds is 3. The topological polar surface area (TPSA) is 76.7 Å². The normalized spacial score (nSPS) is 17.7. The Hall–Kier alpha value is -3.06. The number of benzene rings is 1. The van der Waals surface area contributed by atoms with E-state index in [0.29, 0.717) is 31.1 Å². The zero-order valence-corrected chi connectivity index (χ0v) is 17.2. The fourth-order valence-corrected chi connectivity index (χ4v) is 4.71. The van der Waals surface area contributed by atoms with Gasteiger partial charge in [0, 0.05) is 24.7 Å². The Balaban J connectivity index is 1.38. The van der Waals surface area contributed by atoms with Crippen molar-refractivity contribution in [1.29, 1.82) is 0 Å². The molecule has 3 aromatic rings. The van der Waals surface area contributed by atoms with Crippen LogP contribution in [0.4, 0.5) is 0 Å². The first-order valence-corrected chi connectivity index (χ1v) is 10.3. The van der Waals surface area contributed by atoms with Gasteiger partial charge in [-0.25, -0.2) is 4.98 Å². The van der Waals surface area contributed by atoms with Gasteiger partial charge in [-0.1, -0.05) is 0 Å². The molecule has 156 valence electrons. The molecule has 1 aromatic carbocycles. The first-order chi connectivity index (χ1) is 14.6. The number of nitrogens with zero attached hydrogens (tertiary/aromatic N) is 2. The highest BCUT2D eigenvalue weighted by Crippen LogP contribution is 2.45. The molecule has 0 atom stereocenters. The maximum Gasteiger partial charge on any atom is 0.270 e. The molecule has 0 bridgehead atoms. The molecule has 1 amide bonds. The van der Waals surface area contributed by atoms with Crippen LogP contribution >= 0.6 is 0 Å². The van der Waals surface area contributed by atoms with Crippen molar-refractivity contribution < 1.29 is 19.0 Å². The molecule has 0 unspecified atom stereocenters. The minimum atomic E-state index is -0.383. The van der Waals surface area contributed by atoms with Gasteiger partial charge in [0.15, 0.2) is 11.5 Å². The van der Waals surface area contributed by atoms with Gasteiger partial charge in [-0.3, -0.25) is 4.79 Å². The van der Waals surface area contributed by atoms with Crippen molar-refractivity contribution in [3.63, 3.8) is 0 Å². The van der Waals surface area contributed by atoms with Crippen LogP contribution in [0.25, 0.3) is 11.0 Å². The molecule has 4 heterocycles. The summed E-state index contributed by atoms with van der Waals surface area (Å²) in [5, 5.41) is 0.944. The quantitative estimate of drug-likeness (QED) is 0.721. The van der Waals surface area contributed by atoms with Gasteiger partial charge in [-0.2, -0.15) is 0 Å². The number of fused-ring (bicyclic) bond motifs is 3. The number of carbonyl (C=O) groups is 1. The molecule has 1 fully saturated rings. The largest absolute Gasteiger partial charge is 0.493 e. The highest BCUT2D eigenvalue weighted by molar-refractivity contribution is 5.97. The second-order valence-electron chi connectivity index (χ2n) is 7.87. The van der Waals surface area contributed by atoms with E-state index < -0.39 is 0 Å². The Morgan fingerprint density at radius 1 is 1.17 bits per heavy atom. The van der Waals surface area contributed by atoms with Crippen LogP contribution in [0.2, 0.25) is 0 Å². The molecule has 1 N–H and O–H groups in total. The van der Waals surface area contributed by atoms with Crippen molar-refractivity contribution in [3.8, 4) is 11.5 Å². The summed E-state index contributed by atoms with van der Waals surface area (Å²) in [6, 6.07) is 9.81. The van der Waals surface area contributed by atoms with Crippen molar-refractivity contribution in [2.45, 2.75) is 24.9 Å². The Morgan fingerprint density at radius 2 is 1.93 bits per heavy atom. The average molecular weight is 407 g/mol. The number of carbonyl (C=O) groups excluding carboxylic acids is 1. The third kappa shape index (κ3) is 3.01. The molecule has 7 nitrogen and oxygen atoms in total. The summed E-state index contributed by atoms with van der Waals surface area (Å²) in [5.41, 5.74) is 3.33. The Labute approximate surface area is 174 Å². The number of H-pyrrole nitrogens is 1. The fraction of sp³-hybridized carbons (Fsp3) is 0.391. The summed E-state index contributed by atoms with van der Waals surface area (Å²) in [4.78, 5) is 22.4. The van der Waals surface area contributed by atoms with Crippen LogP contribution < -0.4 is 9.47 Å². The van der Waals surface area contributed by atoms with Crippen LogP contribution in [0.1, 0.15) is 34.5 Å². The molecular weight excluding hydrogens is 382 g/mol. The van der Waals surface area contributed by atoms with Crippen LogP contribution in [0.5, 0.6) is 11.5 Å². The standard InChI is InChI=1S/C23H25N3O4/c1-28-19-13-15-5-11-30-23(17(15)14-20(19)29-2)6-9-26(10-7-23)22(27)18-12-16-4-3-8-24-21(16)25-18/h3-4,8,12-14H,5-7,9-11H2,1-2H3,(H,24,25). The van der Waals surface area contributed by atoms with Gasteiger partial charge >= 0.3 is 0 Å². The van der Waals surface area contributed by atoms with Crippen LogP contribution in [0.15, 0.2) is 36.5 Å². The molecule has 7 heteroatoms. The van der Waals surface area contributed by atoms with Crippen molar-refractivity contribution in [2.75, 3.05) is 33.9 Å². The highest BCUT2D eigenvalue weighted by atomic mass is 16.5. The Kier molecular flexibility index (Phi) is 4.62. The second-order valence-corrected chi connectivity index (χ2v) is 7.87. The fourth-order valence-electron chi connectivity index (χ4n) is 4.71. The number of aromatic amines is 1. The van der Waals surface area contributed by atoms with Crippen molar-refractivity contribution in [3.05, 3.63) is 53.3 Å². The SMILES string of the molecule is COc1cc2c(cc1OC)C1(CCN(C(=O)c3cc4cccnc4[nH]3)CC1)OCC2. The van der Waals surface area contributed by atoms with E-state index >= 15 is 0 Å². The van der Waals surface area contributed by atoms with Gasteiger partial charge in [0.2, 0.25) is 0 Å². The molecule has 0 radical (unpaired) electrons. The van der Waals surface area contributed by atoms with E-state index in [0.717, 1.165) is 41.6 Å². The smallest absolute Gasteiger partial charge is 0.270 e. The number of hydrogen-bond acceptors (Lipinski definition) is 5. The summed E-state index contributed by atoms with van der Waals surface area (Å²) >= 11 is 0. The minimum Gasteiger partial charge on any atom is -0.493 e. The lowest BCUT2D eigenvalue weighted by Gasteiger charge is -2.45. The third-order valence-electron chi connectivity index (χ3n) is 6.33. The summed E-state index contributed by atoms with van der Waals surface area (Å²) in [5.74, 6) is 1.46. The number of pyridine rings is 1. The van der Waals surface area contributed by atoms with Gasteiger partial charge in [0.1, 0.15) is 11.3 Å². The van der Waals surface area contributed by atoms with Crippen LogP contribution in [0, 0.1) is 0 Å². The number of likely N-dealkylation sites (tertiary alicyclic amines) is 1. The van der Waals surface area contributed by atoms with E-state index in [1.54, 1.807) is 20.4 Å². The van der Waals surface area contributed by atoms with Gasteiger partial charge in [-0.15, -0.1) is 0 Å². The zero-order valence-electron chi connectivity index (χ0n) is 17.2. The van der Waals surface area contributed by atoms with Crippen LogP contribution in [-0.4, -0.2) is 54.7 Å². The Morgan fingerprint density at radius 3 is 2.67 bits per heavy atom. The van der Waals surface area contributed by atoms with Crippen molar-refractivity contribution in [1.82, 2.24) is 14.9 Å². The van der Waals surface area contributed by atoms with Crippen LogP contribution in [0.3, 0.4) is 0 Å². The number of methoxy groups -OCH3 is 2. The van der Waals surface area contributed by atoms with Gasteiger partial charge < -0.3 is 24.1 Å². The number of aromatic nitrogens is 2. The minimum absolute atomic E-state index is 0.00574. The first kappa shape index (κ1) is 18.9. The maximum absolute atomic E-state index is 13.1. The summed E-state index contributed by atoms with van der Waals surface area (Å²) < 4.78 is 17.3. The number of piperidine rings is 1. The highest BCUT2D eigenvalue weighted by Gasteiger charge is 2.42. The predicted molar refractivity (Wildman–Crippen MR) is 112 cm³/mol. The molecule has 2 aliphatic heterocycles. The van der Waals surface area contributed by atoms with Gasteiger partial charge in [0.25, 0.3) is 5.91 Å². The van der Waals surface area contributed by atoms with Crippen molar-refractivity contribution >= 4 is 16.9 Å². The van der Waals surface area contributed by atoms with Gasteiger partial charge in [-0.05, 0) is 60.7 Å². The zero-order chi connectivity index (χ0) is 20.7. The summed E-state index contributed by atoms with van der Waals surface area (Å²) in [7, 11) is 3.31. The lowest BCUT2D eigenvalue weighted by Crippen LogP contribution is -2.48. The second kappa shape index (κ2) is 7.32. The third-order valence-corrected chi connectivity index (χ3v) is 6.33. The molecule has 1 spiro atoms. The van der Waals surface area contributed by atoms with E-state index in [2.05, 4.69) is 16.0 Å². The number of ether oxygens (including phenoxy) is 3. The maximum atomic E-state index is 13.1. The van der Waals surface area contributed by atoms with E-state index in [1.807, 2.05) is 29.2 Å². The number of hydrogen-bond donors (Lipinski definition) is 1. The first-order valence-electron chi connectivity index (χ1n) is 10.3. The van der Waals surface area contributed by atoms with Crippen LogP contribution in [-0.2, 0) is 16.8 Å². The summed E-state index contributed by atoms with van der Waals surface area (Å²) in [6.07, 6.45) is 4.07.